The topological polar surface area (TPSA) is 94.5 Å². The summed E-state index contributed by atoms with van der Waals surface area (Å²) in [7, 11) is 1.92. The fraction of sp³-hybridized carbons (Fsp3) is 0.647. The summed E-state index contributed by atoms with van der Waals surface area (Å²) in [5.74, 6) is 1.34. The van der Waals surface area contributed by atoms with Gasteiger partial charge in [-0.3, -0.25) is 4.68 Å². The molecule has 0 atom stereocenters. The van der Waals surface area contributed by atoms with Crippen molar-refractivity contribution in [1.29, 1.82) is 0 Å². The molecule has 0 unspecified atom stereocenters. The van der Waals surface area contributed by atoms with Gasteiger partial charge in [-0.2, -0.15) is 0 Å². The Kier molecular flexibility index (Phi) is 4.60. The first kappa shape index (κ1) is 16.7. The Hall–Kier alpha value is -1.73. The molecule has 2 heterocycles. The largest absolute Gasteiger partial charge is 0.351 e. The molecule has 0 aromatic carbocycles. The Morgan fingerprint density at radius 1 is 1.20 bits per heavy atom. The smallest absolute Gasteiger partial charge is 0.223 e. The van der Waals surface area contributed by atoms with E-state index < -0.39 is 0 Å². The fourth-order valence-corrected chi connectivity index (χ4v) is 3.61. The minimum atomic E-state index is 0.323. The van der Waals surface area contributed by atoms with Crippen molar-refractivity contribution < 1.29 is 0 Å². The zero-order valence-corrected chi connectivity index (χ0v) is 15.2. The maximum Gasteiger partial charge on any atom is 0.223 e. The van der Waals surface area contributed by atoms with E-state index in [0.717, 1.165) is 49.4 Å². The molecule has 25 heavy (non-hydrogen) atoms. The first-order chi connectivity index (χ1) is 12.1. The zero-order valence-electron chi connectivity index (χ0n) is 14.5. The van der Waals surface area contributed by atoms with E-state index in [9.17, 15) is 0 Å². The van der Waals surface area contributed by atoms with E-state index in [4.69, 9.17) is 17.3 Å². The fourth-order valence-electron chi connectivity index (χ4n) is 3.43. The van der Waals surface area contributed by atoms with Crippen LogP contribution in [-0.4, -0.2) is 37.0 Å². The van der Waals surface area contributed by atoms with Gasteiger partial charge in [0.2, 0.25) is 5.95 Å². The third-order valence-corrected chi connectivity index (χ3v) is 5.47. The lowest BCUT2D eigenvalue weighted by Crippen LogP contribution is -2.33. The molecule has 8 heteroatoms. The molecule has 7 nitrogen and oxygen atoms in total. The second-order valence-corrected chi connectivity index (χ2v) is 7.71. The van der Waals surface area contributed by atoms with Crippen LogP contribution in [0.15, 0.2) is 6.20 Å². The van der Waals surface area contributed by atoms with Crippen LogP contribution in [0.4, 0.5) is 5.95 Å². The van der Waals surface area contributed by atoms with Crippen molar-refractivity contribution >= 4 is 17.5 Å². The van der Waals surface area contributed by atoms with E-state index in [0.29, 0.717) is 28.7 Å². The number of nitrogens with two attached hydrogens (primary N) is 1. The average Bonchev–Trinajstić information content (AvgIpc) is 3.35. The molecular formula is C17H24ClN7. The predicted octanol–water partition coefficient (Wildman–Crippen LogP) is 2.56. The molecule has 0 spiro atoms. The number of anilines is 1. The summed E-state index contributed by atoms with van der Waals surface area (Å²) in [4.78, 5) is 9.00. The summed E-state index contributed by atoms with van der Waals surface area (Å²) in [5.41, 5.74) is 8.51. The van der Waals surface area contributed by atoms with Gasteiger partial charge >= 0.3 is 0 Å². The SMILES string of the molecule is Cn1nnc(-c2nc(NC3CCC(N)CC3)ncc2Cl)c1CC1CC1. The van der Waals surface area contributed by atoms with Gasteiger partial charge in [0.05, 0.1) is 16.9 Å². The number of nitrogens with zero attached hydrogens (tertiary/aromatic N) is 5. The molecule has 2 fully saturated rings. The Morgan fingerprint density at radius 3 is 2.68 bits per heavy atom. The number of halogens is 1. The average molecular weight is 362 g/mol. The van der Waals surface area contributed by atoms with Crippen molar-refractivity contribution in [1.82, 2.24) is 25.0 Å². The molecule has 0 aliphatic heterocycles. The van der Waals surface area contributed by atoms with Gasteiger partial charge in [-0.15, -0.1) is 5.10 Å². The molecule has 2 saturated carbocycles. The number of nitrogens with one attached hydrogen (secondary N) is 1. The lowest BCUT2D eigenvalue weighted by atomic mass is 9.92. The van der Waals surface area contributed by atoms with Crippen LogP contribution >= 0.6 is 11.6 Å². The van der Waals surface area contributed by atoms with Gasteiger partial charge in [-0.05, 0) is 50.9 Å². The summed E-state index contributed by atoms with van der Waals surface area (Å²) < 4.78 is 1.84. The quantitative estimate of drug-likeness (QED) is 0.849. The third-order valence-electron chi connectivity index (χ3n) is 5.20. The lowest BCUT2D eigenvalue weighted by Gasteiger charge is -2.26. The number of aryl methyl sites for hydroxylation is 1. The highest BCUT2D eigenvalue weighted by Crippen LogP contribution is 2.36. The Labute approximate surface area is 152 Å². The van der Waals surface area contributed by atoms with Crippen molar-refractivity contribution in [3.63, 3.8) is 0 Å². The van der Waals surface area contributed by atoms with Gasteiger partial charge in [0.15, 0.2) is 0 Å². The summed E-state index contributed by atoms with van der Waals surface area (Å²) in [6, 6.07) is 0.686. The molecular weight excluding hydrogens is 338 g/mol. The number of aromatic nitrogens is 5. The normalized spacial score (nSPS) is 23.6. The second-order valence-electron chi connectivity index (χ2n) is 7.30. The van der Waals surface area contributed by atoms with E-state index in [-0.39, 0.29) is 0 Å². The summed E-state index contributed by atoms with van der Waals surface area (Å²) in [6.07, 6.45) is 9.33. The van der Waals surface area contributed by atoms with Crippen molar-refractivity contribution in [3.05, 3.63) is 16.9 Å². The Balaban J connectivity index is 1.57. The summed E-state index contributed by atoms with van der Waals surface area (Å²) in [6.45, 7) is 0. The van der Waals surface area contributed by atoms with Crippen LogP contribution < -0.4 is 11.1 Å². The van der Waals surface area contributed by atoms with Crippen molar-refractivity contribution in [2.24, 2.45) is 18.7 Å². The highest BCUT2D eigenvalue weighted by molar-refractivity contribution is 6.32. The molecule has 3 N–H and O–H groups in total. The number of rotatable bonds is 5. The van der Waals surface area contributed by atoms with Crippen LogP contribution in [0.25, 0.3) is 11.4 Å². The van der Waals surface area contributed by atoms with E-state index in [2.05, 4.69) is 25.6 Å². The van der Waals surface area contributed by atoms with Crippen molar-refractivity contribution in [3.8, 4) is 11.4 Å². The highest BCUT2D eigenvalue weighted by Gasteiger charge is 2.27. The second kappa shape index (κ2) is 6.88. The first-order valence-corrected chi connectivity index (χ1v) is 9.41. The van der Waals surface area contributed by atoms with E-state index >= 15 is 0 Å². The van der Waals surface area contributed by atoms with Crippen LogP contribution in [0, 0.1) is 5.92 Å². The number of hydrogen-bond donors (Lipinski definition) is 2. The Bertz CT molecular complexity index is 747. The molecule has 0 amide bonds. The van der Waals surface area contributed by atoms with Gasteiger partial charge in [0.25, 0.3) is 0 Å². The van der Waals surface area contributed by atoms with Crippen LogP contribution in [0.3, 0.4) is 0 Å². The van der Waals surface area contributed by atoms with Crippen molar-refractivity contribution in [2.75, 3.05) is 5.32 Å². The summed E-state index contributed by atoms with van der Waals surface area (Å²) in [5, 5.41) is 12.4. The monoisotopic (exact) mass is 361 g/mol. The molecule has 134 valence electrons. The maximum absolute atomic E-state index is 6.38. The van der Waals surface area contributed by atoms with Gasteiger partial charge < -0.3 is 11.1 Å². The molecule has 2 aromatic heterocycles. The zero-order chi connectivity index (χ0) is 17.4. The van der Waals surface area contributed by atoms with E-state index in [1.807, 2.05) is 11.7 Å². The standard InChI is InChI=1S/C17H24ClN7/c1-25-14(8-10-2-3-10)16(23-24-25)15-13(18)9-20-17(22-15)21-12-6-4-11(19)5-7-12/h9-12H,2-8,19H2,1H3,(H,20,21,22). The van der Waals surface area contributed by atoms with Crippen molar-refractivity contribution in [2.45, 2.75) is 57.0 Å². The minimum Gasteiger partial charge on any atom is -0.351 e. The maximum atomic E-state index is 6.38. The molecule has 2 aromatic rings. The first-order valence-electron chi connectivity index (χ1n) is 9.03. The molecule has 2 aliphatic carbocycles. The van der Waals surface area contributed by atoms with Crippen LogP contribution in [-0.2, 0) is 13.5 Å². The third kappa shape index (κ3) is 3.77. The molecule has 2 aliphatic rings. The minimum absolute atomic E-state index is 0.323. The van der Waals surface area contributed by atoms with Crippen LogP contribution in [0.1, 0.15) is 44.2 Å². The van der Waals surface area contributed by atoms with Crippen LogP contribution in [0.5, 0.6) is 0 Å². The van der Waals surface area contributed by atoms with Gasteiger partial charge in [-0.25, -0.2) is 9.97 Å². The number of hydrogen-bond acceptors (Lipinski definition) is 6. The highest BCUT2D eigenvalue weighted by atomic mass is 35.5. The molecule has 0 saturated heterocycles. The summed E-state index contributed by atoms with van der Waals surface area (Å²) >= 11 is 6.38. The van der Waals surface area contributed by atoms with Gasteiger partial charge in [-0.1, -0.05) is 16.8 Å². The predicted molar refractivity (Wildman–Crippen MR) is 97.3 cm³/mol. The van der Waals surface area contributed by atoms with E-state index in [1.165, 1.54) is 12.8 Å². The molecule has 0 bridgehead atoms. The van der Waals surface area contributed by atoms with Crippen LogP contribution in [0.2, 0.25) is 5.02 Å². The van der Waals surface area contributed by atoms with Gasteiger partial charge in [0, 0.05) is 19.1 Å². The lowest BCUT2D eigenvalue weighted by molar-refractivity contribution is 0.410. The molecule has 0 radical (unpaired) electrons. The Morgan fingerprint density at radius 2 is 1.96 bits per heavy atom. The molecule has 4 rings (SSSR count). The van der Waals surface area contributed by atoms with Gasteiger partial charge in [0.1, 0.15) is 11.4 Å². The van der Waals surface area contributed by atoms with E-state index in [1.54, 1.807) is 6.20 Å².